The Balaban J connectivity index is 1.56. The third-order valence-electron chi connectivity index (χ3n) is 4.88. The van der Waals surface area contributed by atoms with Crippen molar-refractivity contribution in [2.45, 2.75) is 13.1 Å². The number of hydrogen-bond acceptors (Lipinski definition) is 4. The predicted octanol–water partition coefficient (Wildman–Crippen LogP) is 3.47. The summed E-state index contributed by atoms with van der Waals surface area (Å²) in [6.07, 6.45) is -4.61. The molecule has 0 atom stereocenters. The fourth-order valence-electron chi connectivity index (χ4n) is 3.32. The predicted molar refractivity (Wildman–Crippen MR) is 107 cm³/mol. The van der Waals surface area contributed by atoms with E-state index in [-0.39, 0.29) is 44.3 Å². The van der Waals surface area contributed by atoms with E-state index in [9.17, 15) is 22.8 Å². The third kappa shape index (κ3) is 5.48. The zero-order chi connectivity index (χ0) is 22.4. The van der Waals surface area contributed by atoms with E-state index < -0.39 is 17.6 Å². The van der Waals surface area contributed by atoms with Crippen LogP contribution in [0.5, 0.6) is 11.5 Å². The van der Waals surface area contributed by atoms with E-state index in [2.05, 4.69) is 0 Å². The zero-order valence-corrected chi connectivity index (χ0v) is 17.0. The van der Waals surface area contributed by atoms with Gasteiger partial charge in [0.25, 0.3) is 11.8 Å². The van der Waals surface area contributed by atoms with Crippen LogP contribution in [0.25, 0.3) is 0 Å². The number of carbonyl (C=O) groups is 2. The second kappa shape index (κ2) is 9.72. The number of hydrogen-bond donors (Lipinski definition) is 0. The number of ether oxygens (including phenoxy) is 2. The minimum Gasteiger partial charge on any atom is -0.490 e. The van der Waals surface area contributed by atoms with Crippen molar-refractivity contribution >= 4 is 11.8 Å². The van der Waals surface area contributed by atoms with Gasteiger partial charge in [-0.15, -0.1) is 0 Å². The number of nitrogens with zero attached hydrogens (tertiary/aromatic N) is 2. The largest absolute Gasteiger partial charge is 0.490 e. The van der Waals surface area contributed by atoms with E-state index in [1.165, 1.54) is 28.0 Å². The maximum absolute atomic E-state index is 13.2. The third-order valence-corrected chi connectivity index (χ3v) is 4.88. The fourth-order valence-corrected chi connectivity index (χ4v) is 3.32. The number of piperazine rings is 1. The van der Waals surface area contributed by atoms with Gasteiger partial charge in [-0.1, -0.05) is 24.3 Å². The number of rotatable bonds is 6. The van der Waals surface area contributed by atoms with Gasteiger partial charge in [-0.25, -0.2) is 0 Å². The second-order valence-corrected chi connectivity index (χ2v) is 6.88. The van der Waals surface area contributed by atoms with Crippen LogP contribution in [0.15, 0.2) is 48.5 Å². The van der Waals surface area contributed by atoms with Crippen LogP contribution in [-0.4, -0.2) is 61.0 Å². The Morgan fingerprint density at radius 2 is 1.42 bits per heavy atom. The molecule has 1 aliphatic rings. The molecular formula is C22H23F3N2O4. The molecule has 0 unspecified atom stereocenters. The summed E-state index contributed by atoms with van der Waals surface area (Å²) in [6.45, 7) is 2.83. The average molecular weight is 436 g/mol. The Hall–Kier alpha value is -3.23. The van der Waals surface area contributed by atoms with Gasteiger partial charge in [-0.2, -0.15) is 13.2 Å². The van der Waals surface area contributed by atoms with Crippen molar-refractivity contribution in [2.75, 3.05) is 39.4 Å². The van der Waals surface area contributed by atoms with Gasteiger partial charge in [0.1, 0.15) is 0 Å². The van der Waals surface area contributed by atoms with Gasteiger partial charge in [0, 0.05) is 26.2 Å². The van der Waals surface area contributed by atoms with Crippen molar-refractivity contribution in [3.8, 4) is 11.5 Å². The molecule has 166 valence electrons. The minimum absolute atomic E-state index is 0.145. The normalized spacial score (nSPS) is 14.3. The van der Waals surface area contributed by atoms with Crippen LogP contribution in [-0.2, 0) is 11.0 Å². The van der Waals surface area contributed by atoms with Gasteiger partial charge in [0.05, 0.1) is 17.7 Å². The van der Waals surface area contributed by atoms with E-state index in [0.29, 0.717) is 18.1 Å². The molecule has 2 aromatic rings. The molecule has 0 radical (unpaired) electrons. The number of benzene rings is 2. The van der Waals surface area contributed by atoms with E-state index >= 15 is 0 Å². The summed E-state index contributed by atoms with van der Waals surface area (Å²) in [5, 5.41) is 0. The molecule has 0 saturated carbocycles. The monoisotopic (exact) mass is 436 g/mol. The van der Waals surface area contributed by atoms with Gasteiger partial charge in [0.2, 0.25) is 0 Å². The lowest BCUT2D eigenvalue weighted by atomic mass is 10.1. The van der Waals surface area contributed by atoms with Crippen molar-refractivity contribution in [1.29, 1.82) is 0 Å². The number of para-hydroxylation sites is 2. The Bertz CT molecular complexity index is 925. The Kier molecular flexibility index (Phi) is 7.04. The van der Waals surface area contributed by atoms with E-state index in [4.69, 9.17) is 9.47 Å². The molecule has 0 aromatic heterocycles. The lowest BCUT2D eigenvalue weighted by molar-refractivity contribution is -0.138. The SMILES string of the molecule is CCOc1ccccc1OCC(=O)N1CCN(C(=O)c2ccccc2C(F)(F)F)CC1. The highest BCUT2D eigenvalue weighted by Gasteiger charge is 2.36. The number of halogens is 3. The first-order valence-corrected chi connectivity index (χ1v) is 9.89. The molecule has 2 aromatic carbocycles. The van der Waals surface area contributed by atoms with Crippen molar-refractivity contribution in [3.63, 3.8) is 0 Å². The standard InChI is InChI=1S/C22H23F3N2O4/c1-2-30-18-9-5-6-10-19(18)31-15-20(28)26-11-13-27(14-12-26)21(29)16-7-3-4-8-17(16)22(23,24)25/h3-10H,2,11-15H2,1H3. The Morgan fingerprint density at radius 3 is 2.03 bits per heavy atom. The summed E-state index contributed by atoms with van der Waals surface area (Å²) in [7, 11) is 0. The summed E-state index contributed by atoms with van der Waals surface area (Å²) < 4.78 is 50.6. The molecule has 0 spiro atoms. The summed E-state index contributed by atoms with van der Waals surface area (Å²) >= 11 is 0. The fraction of sp³-hybridized carbons (Fsp3) is 0.364. The Labute approximate surface area is 178 Å². The lowest BCUT2D eigenvalue weighted by Crippen LogP contribution is -2.51. The Morgan fingerprint density at radius 1 is 0.871 bits per heavy atom. The molecule has 0 bridgehead atoms. The first-order chi connectivity index (χ1) is 14.8. The van der Waals surface area contributed by atoms with Crippen molar-refractivity contribution in [2.24, 2.45) is 0 Å². The molecule has 9 heteroatoms. The lowest BCUT2D eigenvalue weighted by Gasteiger charge is -2.35. The molecule has 1 saturated heterocycles. The number of amides is 2. The maximum atomic E-state index is 13.2. The highest BCUT2D eigenvalue weighted by Crippen LogP contribution is 2.32. The summed E-state index contributed by atoms with van der Waals surface area (Å²) in [4.78, 5) is 28.0. The maximum Gasteiger partial charge on any atom is 0.417 e. The van der Waals surface area contributed by atoms with Gasteiger partial charge < -0.3 is 19.3 Å². The molecule has 3 rings (SSSR count). The van der Waals surface area contributed by atoms with E-state index in [0.717, 1.165) is 6.07 Å². The van der Waals surface area contributed by atoms with Crippen molar-refractivity contribution < 1.29 is 32.2 Å². The van der Waals surface area contributed by atoms with Crippen LogP contribution in [0.1, 0.15) is 22.8 Å². The quantitative estimate of drug-likeness (QED) is 0.696. The van der Waals surface area contributed by atoms with Gasteiger partial charge in [-0.3, -0.25) is 9.59 Å². The van der Waals surface area contributed by atoms with Crippen molar-refractivity contribution in [3.05, 3.63) is 59.7 Å². The van der Waals surface area contributed by atoms with Crippen LogP contribution in [0.3, 0.4) is 0 Å². The average Bonchev–Trinajstić information content (AvgIpc) is 2.77. The van der Waals surface area contributed by atoms with Gasteiger partial charge in [0.15, 0.2) is 18.1 Å². The molecule has 0 aliphatic carbocycles. The van der Waals surface area contributed by atoms with Crippen molar-refractivity contribution in [1.82, 2.24) is 9.80 Å². The van der Waals surface area contributed by atoms with Crippen LogP contribution in [0.4, 0.5) is 13.2 Å². The zero-order valence-electron chi connectivity index (χ0n) is 17.0. The molecule has 1 aliphatic heterocycles. The number of alkyl halides is 3. The molecule has 1 fully saturated rings. The summed E-state index contributed by atoms with van der Waals surface area (Å²) in [5.41, 5.74) is -1.34. The first-order valence-electron chi connectivity index (χ1n) is 9.89. The van der Waals surface area contributed by atoms with Crippen LogP contribution >= 0.6 is 0 Å². The smallest absolute Gasteiger partial charge is 0.417 e. The first kappa shape index (κ1) is 22.5. The molecule has 31 heavy (non-hydrogen) atoms. The second-order valence-electron chi connectivity index (χ2n) is 6.88. The van der Waals surface area contributed by atoms with Crippen LogP contribution in [0, 0.1) is 0 Å². The molecule has 1 heterocycles. The van der Waals surface area contributed by atoms with Gasteiger partial charge >= 0.3 is 6.18 Å². The topological polar surface area (TPSA) is 59.1 Å². The van der Waals surface area contributed by atoms with Gasteiger partial charge in [-0.05, 0) is 31.2 Å². The van der Waals surface area contributed by atoms with E-state index in [1.54, 1.807) is 24.3 Å². The van der Waals surface area contributed by atoms with Crippen LogP contribution in [0.2, 0.25) is 0 Å². The molecular weight excluding hydrogens is 413 g/mol. The number of carbonyl (C=O) groups excluding carboxylic acids is 2. The van der Waals surface area contributed by atoms with Crippen LogP contribution < -0.4 is 9.47 Å². The minimum atomic E-state index is -4.61. The highest BCUT2D eigenvalue weighted by molar-refractivity contribution is 5.96. The highest BCUT2D eigenvalue weighted by atomic mass is 19.4. The van der Waals surface area contributed by atoms with E-state index in [1.807, 2.05) is 6.92 Å². The molecule has 2 amide bonds. The summed E-state index contributed by atoms with van der Waals surface area (Å²) in [6, 6.07) is 11.7. The molecule has 6 nitrogen and oxygen atoms in total. The summed E-state index contributed by atoms with van der Waals surface area (Å²) in [5.74, 6) is 0.0304. The molecule has 0 N–H and O–H groups in total.